The van der Waals surface area contributed by atoms with Crippen molar-refractivity contribution in [1.82, 2.24) is 4.98 Å². The van der Waals surface area contributed by atoms with E-state index in [9.17, 15) is 0 Å². The lowest BCUT2D eigenvalue weighted by atomic mass is 9.78. The van der Waals surface area contributed by atoms with Gasteiger partial charge in [-0.1, -0.05) is 0 Å². The van der Waals surface area contributed by atoms with Crippen LogP contribution in [0.2, 0.25) is 0 Å². The predicted octanol–water partition coefficient (Wildman–Crippen LogP) is 1.28. The molecule has 0 amide bonds. The van der Waals surface area contributed by atoms with Crippen molar-refractivity contribution in [3.63, 3.8) is 0 Å². The van der Waals surface area contributed by atoms with E-state index in [1.807, 2.05) is 12.3 Å². The maximum atomic E-state index is 5.96. The molecule has 1 aromatic rings. The van der Waals surface area contributed by atoms with Crippen molar-refractivity contribution < 1.29 is 4.74 Å². The highest BCUT2D eigenvalue weighted by Crippen LogP contribution is 2.39. The topological polar surface area (TPSA) is 51.4 Å². The second-order valence-electron chi connectivity index (χ2n) is 4.95. The van der Waals surface area contributed by atoms with Crippen molar-refractivity contribution in [2.75, 3.05) is 36.9 Å². The number of nitrogens with two attached hydrogens (primary N) is 1. The van der Waals surface area contributed by atoms with Crippen LogP contribution >= 0.6 is 0 Å². The zero-order valence-electron chi connectivity index (χ0n) is 9.35. The van der Waals surface area contributed by atoms with Crippen molar-refractivity contribution in [2.45, 2.75) is 12.8 Å². The lowest BCUT2D eigenvalue weighted by Crippen LogP contribution is -2.54. The van der Waals surface area contributed by atoms with Crippen LogP contribution in [0.5, 0.6) is 0 Å². The van der Waals surface area contributed by atoms with Gasteiger partial charge in [0.15, 0.2) is 0 Å². The second kappa shape index (κ2) is 3.63. The molecule has 0 unspecified atom stereocenters. The average Bonchev–Trinajstić information content (AvgIpc) is 2.28. The molecular formula is C12H17N3O. The van der Waals surface area contributed by atoms with Crippen LogP contribution in [0.1, 0.15) is 12.8 Å². The molecule has 2 fully saturated rings. The molecule has 3 heterocycles. The van der Waals surface area contributed by atoms with Crippen LogP contribution in [-0.4, -0.2) is 31.3 Å². The zero-order chi connectivity index (χ0) is 11.0. The highest BCUT2D eigenvalue weighted by Gasteiger charge is 2.42. The monoisotopic (exact) mass is 219 g/mol. The third-order valence-electron chi connectivity index (χ3n) is 3.65. The SMILES string of the molecule is Nc1cnccc1N1CCCC2(COC2)C1. The van der Waals surface area contributed by atoms with Gasteiger partial charge in [0.05, 0.1) is 30.8 Å². The van der Waals surface area contributed by atoms with E-state index in [2.05, 4.69) is 9.88 Å². The Hall–Kier alpha value is -1.29. The first-order valence-electron chi connectivity index (χ1n) is 5.81. The molecular weight excluding hydrogens is 202 g/mol. The summed E-state index contributed by atoms with van der Waals surface area (Å²) in [5, 5.41) is 0. The molecule has 4 heteroatoms. The maximum Gasteiger partial charge on any atom is 0.0738 e. The van der Waals surface area contributed by atoms with Gasteiger partial charge in [-0.3, -0.25) is 4.98 Å². The van der Waals surface area contributed by atoms with Gasteiger partial charge < -0.3 is 15.4 Å². The highest BCUT2D eigenvalue weighted by molar-refractivity contribution is 5.66. The van der Waals surface area contributed by atoms with Crippen molar-refractivity contribution in [3.8, 4) is 0 Å². The number of pyridine rings is 1. The summed E-state index contributed by atoms with van der Waals surface area (Å²) in [4.78, 5) is 6.41. The molecule has 16 heavy (non-hydrogen) atoms. The fraction of sp³-hybridized carbons (Fsp3) is 0.583. The molecule has 0 radical (unpaired) electrons. The molecule has 0 saturated carbocycles. The third-order valence-corrected chi connectivity index (χ3v) is 3.65. The third kappa shape index (κ3) is 1.53. The summed E-state index contributed by atoms with van der Waals surface area (Å²) in [6.07, 6.45) is 6.05. The number of anilines is 2. The number of nitrogen functional groups attached to an aromatic ring is 1. The summed E-state index contributed by atoms with van der Waals surface area (Å²) < 4.78 is 5.36. The fourth-order valence-corrected chi connectivity index (χ4v) is 2.73. The van der Waals surface area contributed by atoms with Crippen LogP contribution in [0.3, 0.4) is 0 Å². The molecule has 2 saturated heterocycles. The smallest absolute Gasteiger partial charge is 0.0738 e. The molecule has 4 nitrogen and oxygen atoms in total. The van der Waals surface area contributed by atoms with Gasteiger partial charge in [0, 0.05) is 24.7 Å². The quantitative estimate of drug-likeness (QED) is 0.773. The molecule has 1 spiro atoms. The Labute approximate surface area is 95.4 Å². The number of piperidine rings is 1. The van der Waals surface area contributed by atoms with Crippen molar-refractivity contribution in [3.05, 3.63) is 18.5 Å². The first-order valence-corrected chi connectivity index (χ1v) is 5.81. The van der Waals surface area contributed by atoms with Gasteiger partial charge in [0.25, 0.3) is 0 Å². The van der Waals surface area contributed by atoms with Crippen LogP contribution in [0.15, 0.2) is 18.5 Å². The van der Waals surface area contributed by atoms with Gasteiger partial charge in [-0.2, -0.15) is 0 Å². The number of ether oxygens (including phenoxy) is 1. The summed E-state index contributed by atoms with van der Waals surface area (Å²) in [5.74, 6) is 0. The van der Waals surface area contributed by atoms with Crippen molar-refractivity contribution >= 4 is 11.4 Å². The number of nitrogens with zero attached hydrogens (tertiary/aromatic N) is 2. The Kier molecular flexibility index (Phi) is 2.24. The minimum Gasteiger partial charge on any atom is -0.396 e. The van der Waals surface area contributed by atoms with E-state index < -0.39 is 0 Å². The summed E-state index contributed by atoms with van der Waals surface area (Å²) in [6.45, 7) is 3.99. The van der Waals surface area contributed by atoms with E-state index >= 15 is 0 Å². The normalized spacial score (nSPS) is 23.1. The van der Waals surface area contributed by atoms with Crippen molar-refractivity contribution in [2.24, 2.45) is 5.41 Å². The molecule has 2 aliphatic rings. The van der Waals surface area contributed by atoms with E-state index in [-0.39, 0.29) is 0 Å². The minimum atomic E-state index is 0.397. The Balaban J connectivity index is 1.82. The van der Waals surface area contributed by atoms with Gasteiger partial charge in [-0.15, -0.1) is 0 Å². The molecule has 86 valence electrons. The molecule has 0 aromatic carbocycles. The van der Waals surface area contributed by atoms with Crippen LogP contribution in [0.4, 0.5) is 11.4 Å². The molecule has 3 rings (SSSR count). The summed E-state index contributed by atoms with van der Waals surface area (Å²) in [7, 11) is 0. The minimum absolute atomic E-state index is 0.397. The first-order chi connectivity index (χ1) is 7.79. The van der Waals surface area contributed by atoms with Crippen LogP contribution in [0.25, 0.3) is 0 Å². The molecule has 0 atom stereocenters. The van der Waals surface area contributed by atoms with Gasteiger partial charge >= 0.3 is 0 Å². The maximum absolute atomic E-state index is 5.96. The van der Waals surface area contributed by atoms with E-state index in [1.54, 1.807) is 6.20 Å². The van der Waals surface area contributed by atoms with Crippen LogP contribution < -0.4 is 10.6 Å². The lowest BCUT2D eigenvalue weighted by molar-refractivity contribution is -0.117. The van der Waals surface area contributed by atoms with Crippen LogP contribution in [0, 0.1) is 5.41 Å². The standard InChI is InChI=1S/C12H17N3O/c13-10-6-14-4-2-11(10)15-5-1-3-12(7-15)8-16-9-12/h2,4,6H,1,3,5,7-9,13H2. The first kappa shape index (κ1) is 9.90. The Morgan fingerprint density at radius 2 is 2.31 bits per heavy atom. The van der Waals surface area contributed by atoms with Crippen LogP contribution in [-0.2, 0) is 4.74 Å². The fourth-order valence-electron chi connectivity index (χ4n) is 2.73. The Morgan fingerprint density at radius 1 is 1.44 bits per heavy atom. The average molecular weight is 219 g/mol. The molecule has 0 bridgehead atoms. The zero-order valence-corrected chi connectivity index (χ0v) is 9.35. The van der Waals surface area contributed by atoms with E-state index in [0.29, 0.717) is 5.41 Å². The Bertz CT molecular complexity index is 390. The number of hydrogen-bond donors (Lipinski definition) is 1. The van der Waals surface area contributed by atoms with Gasteiger partial charge in [-0.25, -0.2) is 0 Å². The van der Waals surface area contributed by atoms with Gasteiger partial charge in [0.1, 0.15) is 0 Å². The number of aromatic nitrogens is 1. The summed E-state index contributed by atoms with van der Waals surface area (Å²) >= 11 is 0. The van der Waals surface area contributed by atoms with E-state index in [1.165, 1.54) is 12.8 Å². The van der Waals surface area contributed by atoms with Gasteiger partial charge in [0.2, 0.25) is 0 Å². The molecule has 0 aliphatic carbocycles. The number of hydrogen-bond acceptors (Lipinski definition) is 4. The Morgan fingerprint density at radius 3 is 3.00 bits per heavy atom. The van der Waals surface area contributed by atoms with E-state index in [4.69, 9.17) is 10.5 Å². The summed E-state index contributed by atoms with van der Waals surface area (Å²) in [5.41, 5.74) is 8.26. The molecule has 2 N–H and O–H groups in total. The predicted molar refractivity (Wildman–Crippen MR) is 63.3 cm³/mol. The highest BCUT2D eigenvalue weighted by atomic mass is 16.5. The van der Waals surface area contributed by atoms with Crippen molar-refractivity contribution in [1.29, 1.82) is 0 Å². The molecule has 1 aromatic heterocycles. The molecule has 2 aliphatic heterocycles. The lowest BCUT2D eigenvalue weighted by Gasteiger charge is -2.49. The van der Waals surface area contributed by atoms with Gasteiger partial charge in [-0.05, 0) is 18.9 Å². The second-order valence-corrected chi connectivity index (χ2v) is 4.95. The number of rotatable bonds is 1. The van der Waals surface area contributed by atoms with E-state index in [0.717, 1.165) is 37.7 Å². The summed E-state index contributed by atoms with van der Waals surface area (Å²) in [6, 6.07) is 2.01. The largest absolute Gasteiger partial charge is 0.396 e.